The minimum absolute atomic E-state index is 0.103. The first-order chi connectivity index (χ1) is 13.5. The van der Waals surface area contributed by atoms with E-state index in [9.17, 15) is 4.39 Å². The molecule has 0 saturated carbocycles. The van der Waals surface area contributed by atoms with Crippen LogP contribution in [0.1, 0.15) is 30.9 Å². The highest BCUT2D eigenvalue weighted by molar-refractivity contribution is 5.89. The Bertz CT molecular complexity index is 1140. The molecule has 0 aliphatic rings. The Morgan fingerprint density at radius 3 is 2.43 bits per heavy atom. The van der Waals surface area contributed by atoms with Gasteiger partial charge in [0.05, 0.1) is 11.9 Å². The molecule has 1 aromatic carbocycles. The van der Waals surface area contributed by atoms with Crippen molar-refractivity contribution in [1.29, 1.82) is 0 Å². The minimum Gasteiger partial charge on any atom is -0.383 e. The predicted octanol–water partition coefficient (Wildman–Crippen LogP) is 3.36. The Labute approximate surface area is 161 Å². The van der Waals surface area contributed by atoms with Crippen molar-refractivity contribution < 1.29 is 4.39 Å². The molecular weight excluding hydrogens is 357 g/mol. The van der Waals surface area contributed by atoms with Crippen LogP contribution in [0.15, 0.2) is 42.6 Å². The highest BCUT2D eigenvalue weighted by Gasteiger charge is 2.20. The fraction of sp³-hybridized carbons (Fsp3) is 0.200. The lowest BCUT2D eigenvalue weighted by molar-refractivity contribution is 0.589. The Kier molecular flexibility index (Phi) is 4.38. The van der Waals surface area contributed by atoms with Crippen LogP contribution in [0, 0.1) is 5.82 Å². The summed E-state index contributed by atoms with van der Waals surface area (Å²) in [5, 5.41) is 5.35. The molecule has 0 aliphatic heterocycles. The van der Waals surface area contributed by atoms with Gasteiger partial charge in [-0.1, -0.05) is 32.0 Å². The molecule has 0 unspecified atom stereocenters. The van der Waals surface area contributed by atoms with Crippen molar-refractivity contribution in [3.8, 4) is 11.5 Å². The van der Waals surface area contributed by atoms with Crippen LogP contribution in [0.4, 0.5) is 16.0 Å². The molecule has 0 fully saturated rings. The second kappa shape index (κ2) is 6.88. The van der Waals surface area contributed by atoms with Gasteiger partial charge in [0.1, 0.15) is 23.1 Å². The van der Waals surface area contributed by atoms with Gasteiger partial charge < -0.3 is 11.5 Å². The number of anilines is 2. The van der Waals surface area contributed by atoms with E-state index in [-0.39, 0.29) is 18.3 Å². The highest BCUT2D eigenvalue weighted by atomic mass is 19.1. The van der Waals surface area contributed by atoms with Crippen LogP contribution in [0.2, 0.25) is 0 Å². The molecule has 3 aromatic heterocycles. The summed E-state index contributed by atoms with van der Waals surface area (Å²) in [6.45, 7) is 4.19. The van der Waals surface area contributed by atoms with Crippen LogP contribution in [-0.2, 0) is 6.54 Å². The quantitative estimate of drug-likeness (QED) is 0.564. The van der Waals surface area contributed by atoms with Gasteiger partial charge in [0.25, 0.3) is 0 Å². The number of nitrogens with zero attached hydrogens (tertiary/aromatic N) is 5. The molecule has 28 heavy (non-hydrogen) atoms. The summed E-state index contributed by atoms with van der Waals surface area (Å²) in [6.07, 6.45) is 1.66. The minimum atomic E-state index is -0.297. The van der Waals surface area contributed by atoms with E-state index in [4.69, 9.17) is 11.5 Å². The van der Waals surface area contributed by atoms with Crippen LogP contribution in [0.5, 0.6) is 0 Å². The van der Waals surface area contributed by atoms with Gasteiger partial charge in [-0.2, -0.15) is 5.10 Å². The van der Waals surface area contributed by atoms with Crippen LogP contribution in [0.25, 0.3) is 22.6 Å². The van der Waals surface area contributed by atoms with Crippen LogP contribution < -0.4 is 11.5 Å². The van der Waals surface area contributed by atoms with E-state index in [0.717, 1.165) is 10.9 Å². The smallest absolute Gasteiger partial charge is 0.184 e. The fourth-order valence-electron chi connectivity index (χ4n) is 3.28. The summed E-state index contributed by atoms with van der Waals surface area (Å²) < 4.78 is 15.7. The Balaban J connectivity index is 1.86. The molecule has 0 bridgehead atoms. The number of nitrogen functional groups attached to an aromatic ring is 2. The molecule has 4 rings (SSSR count). The van der Waals surface area contributed by atoms with E-state index < -0.39 is 0 Å². The third-order valence-corrected chi connectivity index (χ3v) is 4.58. The molecule has 0 amide bonds. The zero-order valence-corrected chi connectivity index (χ0v) is 15.6. The number of halogens is 1. The number of nitrogens with two attached hydrogens (primary N) is 2. The molecule has 142 valence electrons. The number of hydrogen-bond acceptors (Lipinski definition) is 6. The monoisotopic (exact) mass is 377 g/mol. The van der Waals surface area contributed by atoms with Crippen molar-refractivity contribution in [3.05, 3.63) is 59.5 Å². The lowest BCUT2D eigenvalue weighted by Gasteiger charge is -2.12. The van der Waals surface area contributed by atoms with Gasteiger partial charge in [-0.25, -0.2) is 24.0 Å². The first kappa shape index (κ1) is 17.8. The second-order valence-electron chi connectivity index (χ2n) is 6.86. The molecule has 4 N–H and O–H groups in total. The van der Waals surface area contributed by atoms with Crippen LogP contribution in [-0.4, -0.2) is 24.7 Å². The summed E-state index contributed by atoms with van der Waals surface area (Å²) in [5.41, 5.74) is 14.6. The number of aromatic nitrogens is 5. The fourth-order valence-corrected chi connectivity index (χ4v) is 3.28. The lowest BCUT2D eigenvalue weighted by Crippen LogP contribution is -2.09. The Morgan fingerprint density at radius 2 is 1.75 bits per heavy atom. The third-order valence-electron chi connectivity index (χ3n) is 4.58. The average molecular weight is 377 g/mol. The standard InChI is InChI=1S/C20H20FN7/c1-11(2)15-17(22)25-19(26-18(15)23)16-13-7-5-9-24-20(13)28(27-16)10-12-6-3-4-8-14(12)21/h3-9,11H,10H2,1-2H3,(H4,22,23,25,26). The van der Waals surface area contributed by atoms with Gasteiger partial charge in [0.15, 0.2) is 11.5 Å². The number of pyridine rings is 1. The third kappa shape index (κ3) is 3.02. The normalized spacial score (nSPS) is 11.4. The van der Waals surface area contributed by atoms with Crippen LogP contribution >= 0.6 is 0 Å². The molecule has 0 saturated heterocycles. The van der Waals surface area contributed by atoms with Gasteiger partial charge in [-0.05, 0) is 24.1 Å². The van der Waals surface area contributed by atoms with E-state index in [2.05, 4.69) is 20.1 Å². The molecule has 0 radical (unpaired) electrons. The molecule has 8 heteroatoms. The first-order valence-corrected chi connectivity index (χ1v) is 8.94. The molecule has 0 atom stereocenters. The summed E-state index contributed by atoms with van der Waals surface area (Å²) in [4.78, 5) is 13.2. The SMILES string of the molecule is CC(C)c1c(N)nc(-c2nn(Cc3ccccc3F)c3ncccc23)nc1N. The molecule has 7 nitrogen and oxygen atoms in total. The molecular formula is C20H20FN7. The van der Waals surface area contributed by atoms with Crippen molar-refractivity contribution in [1.82, 2.24) is 24.7 Å². The van der Waals surface area contributed by atoms with Crippen molar-refractivity contribution in [2.45, 2.75) is 26.3 Å². The largest absolute Gasteiger partial charge is 0.383 e. The number of hydrogen-bond donors (Lipinski definition) is 2. The van der Waals surface area contributed by atoms with E-state index in [1.807, 2.05) is 19.9 Å². The van der Waals surface area contributed by atoms with Crippen molar-refractivity contribution in [2.24, 2.45) is 0 Å². The second-order valence-corrected chi connectivity index (χ2v) is 6.86. The molecule has 0 aliphatic carbocycles. The summed E-state index contributed by atoms with van der Waals surface area (Å²) >= 11 is 0. The van der Waals surface area contributed by atoms with Crippen molar-refractivity contribution in [3.63, 3.8) is 0 Å². The predicted molar refractivity (Wildman–Crippen MR) is 107 cm³/mol. The van der Waals surface area contributed by atoms with Crippen molar-refractivity contribution >= 4 is 22.7 Å². The maximum Gasteiger partial charge on any atom is 0.184 e. The molecule has 4 aromatic rings. The van der Waals surface area contributed by atoms with Gasteiger partial charge in [-0.3, -0.25) is 0 Å². The van der Waals surface area contributed by atoms with Gasteiger partial charge in [-0.15, -0.1) is 0 Å². The van der Waals surface area contributed by atoms with E-state index in [1.165, 1.54) is 6.07 Å². The summed E-state index contributed by atoms with van der Waals surface area (Å²) in [7, 11) is 0. The first-order valence-electron chi connectivity index (χ1n) is 8.94. The summed E-state index contributed by atoms with van der Waals surface area (Å²) in [5.74, 6) is 0.793. The maximum atomic E-state index is 14.1. The Morgan fingerprint density at radius 1 is 1.04 bits per heavy atom. The lowest BCUT2D eigenvalue weighted by atomic mass is 10.0. The highest BCUT2D eigenvalue weighted by Crippen LogP contribution is 2.30. The van der Waals surface area contributed by atoms with Gasteiger partial charge in [0, 0.05) is 17.3 Å². The molecule has 0 spiro atoms. The van der Waals surface area contributed by atoms with Crippen molar-refractivity contribution in [2.75, 3.05) is 11.5 Å². The van der Waals surface area contributed by atoms with E-state index >= 15 is 0 Å². The average Bonchev–Trinajstić information content (AvgIpc) is 3.01. The number of rotatable bonds is 4. The van der Waals surface area contributed by atoms with Gasteiger partial charge >= 0.3 is 0 Å². The van der Waals surface area contributed by atoms with E-state index in [1.54, 1.807) is 35.1 Å². The maximum absolute atomic E-state index is 14.1. The number of fused-ring (bicyclic) bond motifs is 1. The number of benzene rings is 1. The van der Waals surface area contributed by atoms with E-state index in [0.29, 0.717) is 34.4 Å². The summed E-state index contributed by atoms with van der Waals surface area (Å²) in [6, 6.07) is 10.2. The topological polar surface area (TPSA) is 109 Å². The Hall–Kier alpha value is -3.55. The zero-order chi connectivity index (χ0) is 19.8. The molecule has 3 heterocycles. The zero-order valence-electron chi connectivity index (χ0n) is 15.6. The van der Waals surface area contributed by atoms with Crippen LogP contribution in [0.3, 0.4) is 0 Å². The van der Waals surface area contributed by atoms with Gasteiger partial charge in [0.2, 0.25) is 0 Å².